The third-order valence-electron chi connectivity index (χ3n) is 5.28. The monoisotopic (exact) mass is 372 g/mol. The summed E-state index contributed by atoms with van der Waals surface area (Å²) in [7, 11) is 0. The Labute approximate surface area is 157 Å². The van der Waals surface area contributed by atoms with Crippen molar-refractivity contribution >= 4 is 11.6 Å². The van der Waals surface area contributed by atoms with Crippen molar-refractivity contribution in [1.82, 2.24) is 15.1 Å². The summed E-state index contributed by atoms with van der Waals surface area (Å²) in [4.78, 5) is 23.2. The van der Waals surface area contributed by atoms with Gasteiger partial charge in [-0.3, -0.25) is 19.6 Å². The molecule has 144 valence electrons. The van der Waals surface area contributed by atoms with E-state index >= 15 is 0 Å². The summed E-state index contributed by atoms with van der Waals surface area (Å²) in [5.74, 6) is -0.211. The summed E-state index contributed by atoms with van der Waals surface area (Å²) in [6.07, 6.45) is 1.67. The zero-order chi connectivity index (χ0) is 19.4. The van der Waals surface area contributed by atoms with Gasteiger partial charge in [-0.1, -0.05) is 30.3 Å². The van der Waals surface area contributed by atoms with Crippen LogP contribution < -0.4 is 5.32 Å². The van der Waals surface area contributed by atoms with Crippen molar-refractivity contribution < 1.29 is 14.5 Å². The number of hydrogen-bond acceptors (Lipinski definition) is 5. The highest BCUT2D eigenvalue weighted by Gasteiger charge is 2.34. The molecule has 0 atom stereocenters. The first-order chi connectivity index (χ1) is 12.9. The summed E-state index contributed by atoms with van der Waals surface area (Å²) < 4.78 is 6.90. The molecule has 27 heavy (non-hydrogen) atoms. The van der Waals surface area contributed by atoms with E-state index in [1.54, 1.807) is 13.8 Å². The average molecular weight is 372 g/mol. The van der Waals surface area contributed by atoms with E-state index in [9.17, 15) is 14.9 Å². The molecule has 1 amide bonds. The maximum Gasteiger partial charge on any atom is 0.312 e. The molecule has 1 aliphatic rings. The maximum atomic E-state index is 12.5. The minimum absolute atomic E-state index is 0.0343. The van der Waals surface area contributed by atoms with E-state index in [4.69, 9.17) is 4.74 Å². The second-order valence-corrected chi connectivity index (χ2v) is 6.97. The average Bonchev–Trinajstić information content (AvgIpc) is 2.95. The van der Waals surface area contributed by atoms with Gasteiger partial charge in [-0.25, -0.2) is 0 Å². The molecule has 0 unspecified atom stereocenters. The van der Waals surface area contributed by atoms with Crippen LogP contribution in [0.25, 0.3) is 0 Å². The van der Waals surface area contributed by atoms with Crippen LogP contribution in [0.5, 0.6) is 0 Å². The van der Waals surface area contributed by atoms with Crippen molar-refractivity contribution in [2.24, 2.45) is 0 Å². The molecule has 0 radical (unpaired) electrons. The molecule has 8 heteroatoms. The highest BCUT2D eigenvalue weighted by Crippen LogP contribution is 2.34. The van der Waals surface area contributed by atoms with E-state index in [-0.39, 0.29) is 23.6 Å². The van der Waals surface area contributed by atoms with Gasteiger partial charge < -0.3 is 10.1 Å². The molecule has 0 bridgehead atoms. The van der Waals surface area contributed by atoms with E-state index in [0.717, 1.165) is 12.8 Å². The van der Waals surface area contributed by atoms with Gasteiger partial charge in [0.25, 0.3) is 0 Å². The third kappa shape index (κ3) is 4.00. The molecule has 1 aromatic carbocycles. The predicted molar refractivity (Wildman–Crippen MR) is 99.5 cm³/mol. The van der Waals surface area contributed by atoms with E-state index in [0.29, 0.717) is 31.1 Å². The van der Waals surface area contributed by atoms with Crippen molar-refractivity contribution in [2.45, 2.75) is 38.6 Å². The number of aromatic nitrogens is 2. The van der Waals surface area contributed by atoms with Crippen LogP contribution in [0.2, 0.25) is 0 Å². The Morgan fingerprint density at radius 3 is 2.56 bits per heavy atom. The lowest BCUT2D eigenvalue weighted by atomic mass is 9.74. The van der Waals surface area contributed by atoms with Crippen LogP contribution >= 0.6 is 0 Å². The topological polar surface area (TPSA) is 99.3 Å². The van der Waals surface area contributed by atoms with Crippen molar-refractivity contribution in [3.63, 3.8) is 0 Å². The zero-order valence-electron chi connectivity index (χ0n) is 15.6. The second kappa shape index (κ2) is 7.87. The molecule has 1 saturated heterocycles. The molecule has 1 aromatic heterocycles. The number of nitrogens with one attached hydrogen (secondary N) is 1. The fourth-order valence-corrected chi connectivity index (χ4v) is 3.69. The zero-order valence-corrected chi connectivity index (χ0v) is 15.6. The molecule has 1 fully saturated rings. The van der Waals surface area contributed by atoms with Gasteiger partial charge in [0.05, 0.1) is 4.92 Å². The number of nitro groups is 1. The van der Waals surface area contributed by atoms with Gasteiger partial charge >= 0.3 is 5.69 Å². The number of amides is 1. The highest BCUT2D eigenvalue weighted by molar-refractivity contribution is 5.76. The summed E-state index contributed by atoms with van der Waals surface area (Å²) in [5.41, 5.74) is 1.70. The van der Waals surface area contributed by atoms with Crippen molar-refractivity contribution in [3.8, 4) is 0 Å². The second-order valence-electron chi connectivity index (χ2n) is 6.97. The Bertz CT molecular complexity index is 826. The molecule has 8 nitrogen and oxygen atoms in total. The lowest BCUT2D eigenvalue weighted by molar-refractivity contribution is -0.386. The number of carbonyl (C=O) groups excluding carboxylic acids is 1. The fraction of sp³-hybridized carbons (Fsp3) is 0.474. The first kappa shape index (κ1) is 19.0. The molecule has 1 aliphatic heterocycles. The van der Waals surface area contributed by atoms with Crippen LogP contribution in [0.15, 0.2) is 30.3 Å². The molecule has 3 rings (SSSR count). The Balaban J connectivity index is 1.70. The highest BCUT2D eigenvalue weighted by atomic mass is 16.6. The van der Waals surface area contributed by atoms with Crippen LogP contribution in [0.3, 0.4) is 0 Å². The number of hydrogen-bond donors (Lipinski definition) is 1. The van der Waals surface area contributed by atoms with Crippen molar-refractivity contribution in [1.29, 1.82) is 0 Å². The third-order valence-corrected chi connectivity index (χ3v) is 5.28. The Hall–Kier alpha value is -2.74. The molecule has 1 N–H and O–H groups in total. The number of benzene rings is 1. The van der Waals surface area contributed by atoms with E-state index < -0.39 is 4.92 Å². The van der Waals surface area contributed by atoms with Gasteiger partial charge in [0, 0.05) is 25.2 Å². The molecule has 2 aromatic rings. The van der Waals surface area contributed by atoms with Gasteiger partial charge in [-0.05, 0) is 32.3 Å². The number of ether oxygens (including phenoxy) is 1. The normalized spacial score (nSPS) is 16.1. The standard InChI is InChI=1S/C19H24N4O4/c1-14-18(23(25)26)15(2)22(21-14)12-17(24)20-13-19(8-10-27-11-9-19)16-6-4-3-5-7-16/h3-7H,8-13H2,1-2H3,(H,20,24). The Morgan fingerprint density at radius 2 is 1.96 bits per heavy atom. The van der Waals surface area contributed by atoms with Crippen LogP contribution in [-0.2, 0) is 21.5 Å². The number of carbonyl (C=O) groups is 1. The van der Waals surface area contributed by atoms with Gasteiger partial charge in [-0.15, -0.1) is 0 Å². The summed E-state index contributed by atoms with van der Waals surface area (Å²) in [6, 6.07) is 10.2. The molecule has 0 saturated carbocycles. The van der Waals surface area contributed by atoms with Crippen LogP contribution in [0.1, 0.15) is 29.8 Å². The quantitative estimate of drug-likeness (QED) is 0.619. The first-order valence-electron chi connectivity index (χ1n) is 9.01. The molecule has 2 heterocycles. The van der Waals surface area contributed by atoms with Gasteiger partial charge in [0.1, 0.15) is 17.9 Å². The van der Waals surface area contributed by atoms with Gasteiger partial charge in [-0.2, -0.15) is 5.10 Å². The van der Waals surface area contributed by atoms with Crippen molar-refractivity contribution in [3.05, 3.63) is 57.4 Å². The van der Waals surface area contributed by atoms with Crippen LogP contribution in [-0.4, -0.2) is 40.4 Å². The van der Waals surface area contributed by atoms with Gasteiger partial charge in [0.2, 0.25) is 5.91 Å². The molecular weight excluding hydrogens is 348 g/mol. The largest absolute Gasteiger partial charge is 0.381 e. The summed E-state index contributed by atoms with van der Waals surface area (Å²) >= 11 is 0. The minimum Gasteiger partial charge on any atom is -0.381 e. The molecule has 0 spiro atoms. The number of rotatable bonds is 6. The fourth-order valence-electron chi connectivity index (χ4n) is 3.69. The number of aryl methyl sites for hydroxylation is 1. The van der Waals surface area contributed by atoms with Crippen LogP contribution in [0.4, 0.5) is 5.69 Å². The van der Waals surface area contributed by atoms with Gasteiger partial charge in [0.15, 0.2) is 0 Å². The van der Waals surface area contributed by atoms with Crippen LogP contribution in [0, 0.1) is 24.0 Å². The molecular formula is C19H24N4O4. The lowest BCUT2D eigenvalue weighted by Gasteiger charge is -2.38. The predicted octanol–water partition coefficient (Wildman–Crippen LogP) is 2.27. The smallest absolute Gasteiger partial charge is 0.312 e. The number of nitrogens with zero attached hydrogens (tertiary/aromatic N) is 3. The summed E-state index contributed by atoms with van der Waals surface area (Å²) in [5, 5.41) is 18.2. The van der Waals surface area contributed by atoms with E-state index in [1.807, 2.05) is 18.2 Å². The SMILES string of the molecule is Cc1nn(CC(=O)NCC2(c3ccccc3)CCOCC2)c(C)c1[N+](=O)[O-]. The first-order valence-corrected chi connectivity index (χ1v) is 9.01. The Morgan fingerprint density at radius 1 is 1.30 bits per heavy atom. The minimum atomic E-state index is -0.460. The summed E-state index contributed by atoms with van der Waals surface area (Å²) in [6.45, 7) is 4.96. The maximum absolute atomic E-state index is 12.5. The molecule has 0 aliphatic carbocycles. The van der Waals surface area contributed by atoms with E-state index in [1.165, 1.54) is 10.2 Å². The Kier molecular flexibility index (Phi) is 5.55. The lowest BCUT2D eigenvalue weighted by Crippen LogP contribution is -2.45. The van der Waals surface area contributed by atoms with E-state index in [2.05, 4.69) is 22.5 Å². The van der Waals surface area contributed by atoms with Crippen molar-refractivity contribution in [2.75, 3.05) is 19.8 Å².